The monoisotopic (exact) mass is 232 g/mol. The van der Waals surface area contributed by atoms with Gasteiger partial charge in [-0.2, -0.15) is 0 Å². The molecule has 0 saturated heterocycles. The Hall–Kier alpha value is -1.01. The summed E-state index contributed by atoms with van der Waals surface area (Å²) in [7, 11) is -3.46. The first kappa shape index (κ1) is 11.1. The molecular formula is C8H7FNO2S2. The van der Waals surface area contributed by atoms with Crippen molar-refractivity contribution in [3.63, 3.8) is 0 Å². The Bertz CT molecular complexity index is 482. The molecule has 0 atom stereocenters. The third kappa shape index (κ3) is 2.27. The Morgan fingerprint density at radius 1 is 1.64 bits per heavy atom. The maximum absolute atomic E-state index is 12.7. The molecule has 0 amide bonds. The summed E-state index contributed by atoms with van der Waals surface area (Å²) in [5.74, 6) is -0.694. The molecule has 6 heteroatoms. The highest BCUT2D eigenvalue weighted by Crippen LogP contribution is 2.16. The van der Waals surface area contributed by atoms with Crippen LogP contribution in [0.1, 0.15) is 5.56 Å². The maximum Gasteiger partial charge on any atom is 0.176 e. The zero-order valence-corrected chi connectivity index (χ0v) is 8.88. The number of thiocarbonyl (C=S) groups is 1. The first-order valence-corrected chi connectivity index (χ1v) is 5.83. The van der Waals surface area contributed by atoms with Crippen LogP contribution in [0.15, 0.2) is 17.0 Å². The molecule has 0 spiro atoms. The van der Waals surface area contributed by atoms with Gasteiger partial charge in [0.1, 0.15) is 10.8 Å². The molecule has 14 heavy (non-hydrogen) atoms. The molecule has 1 rings (SSSR count). The Kier molecular flexibility index (Phi) is 2.86. The maximum atomic E-state index is 12.7. The zero-order chi connectivity index (χ0) is 10.9. The fraction of sp³-hybridized carbons (Fsp3) is 0.125. The van der Waals surface area contributed by atoms with Crippen molar-refractivity contribution in [3.05, 3.63) is 29.6 Å². The average molecular weight is 232 g/mol. The first-order valence-electron chi connectivity index (χ1n) is 3.53. The van der Waals surface area contributed by atoms with Crippen molar-refractivity contribution >= 4 is 27.0 Å². The summed E-state index contributed by atoms with van der Waals surface area (Å²) in [4.78, 5) is -0.260. The van der Waals surface area contributed by atoms with Crippen LogP contribution in [0.25, 0.3) is 0 Å². The number of benzene rings is 1. The van der Waals surface area contributed by atoms with Crippen LogP contribution in [-0.4, -0.2) is 19.7 Å². The predicted molar refractivity (Wildman–Crippen MR) is 54.2 cm³/mol. The van der Waals surface area contributed by atoms with Gasteiger partial charge in [0.25, 0.3) is 0 Å². The van der Waals surface area contributed by atoms with E-state index in [0.29, 0.717) is 0 Å². The molecule has 0 heterocycles. The summed E-state index contributed by atoms with van der Waals surface area (Å²) < 4.78 is 35.2. The molecule has 1 aromatic carbocycles. The van der Waals surface area contributed by atoms with Gasteiger partial charge in [-0.3, -0.25) is 0 Å². The van der Waals surface area contributed by atoms with E-state index in [0.717, 1.165) is 18.4 Å². The molecule has 0 aliphatic rings. The van der Waals surface area contributed by atoms with Crippen LogP contribution < -0.4 is 5.73 Å². The first-order chi connectivity index (χ1) is 6.32. The highest BCUT2D eigenvalue weighted by Gasteiger charge is 2.15. The number of hydrogen-bond donors (Lipinski definition) is 1. The number of rotatable bonds is 2. The van der Waals surface area contributed by atoms with Crippen molar-refractivity contribution in [1.29, 1.82) is 0 Å². The van der Waals surface area contributed by atoms with Gasteiger partial charge in [0.2, 0.25) is 0 Å². The van der Waals surface area contributed by atoms with Crippen LogP contribution in [0.3, 0.4) is 0 Å². The van der Waals surface area contributed by atoms with Gasteiger partial charge in [-0.05, 0) is 12.1 Å². The molecule has 3 nitrogen and oxygen atoms in total. The molecule has 0 saturated carbocycles. The van der Waals surface area contributed by atoms with E-state index < -0.39 is 15.7 Å². The fourth-order valence-corrected chi connectivity index (χ4v) is 2.03. The molecule has 0 fully saturated rings. The van der Waals surface area contributed by atoms with Gasteiger partial charge in [0.15, 0.2) is 9.84 Å². The second kappa shape index (κ2) is 3.62. The standard InChI is InChI=1S/C8H7FNO2S2/c1-14(11,12)7-3-2-5(9)4-6(7)8(10)13/h3-4H,1H3,(H2,10,13). The molecular weight excluding hydrogens is 225 g/mol. The van der Waals surface area contributed by atoms with Gasteiger partial charge >= 0.3 is 0 Å². The van der Waals surface area contributed by atoms with E-state index in [9.17, 15) is 12.8 Å². The summed E-state index contributed by atoms with van der Waals surface area (Å²) in [5.41, 5.74) is 5.28. The van der Waals surface area contributed by atoms with E-state index in [4.69, 9.17) is 5.73 Å². The lowest BCUT2D eigenvalue weighted by molar-refractivity contribution is 0.600. The molecule has 0 unspecified atom stereocenters. The number of nitrogens with two attached hydrogens (primary N) is 1. The molecule has 0 aromatic heterocycles. The van der Waals surface area contributed by atoms with Gasteiger partial charge in [-0.1, -0.05) is 12.2 Å². The highest BCUT2D eigenvalue weighted by atomic mass is 32.2. The number of sulfone groups is 1. The molecule has 1 radical (unpaired) electrons. The molecule has 2 N–H and O–H groups in total. The molecule has 0 bridgehead atoms. The average Bonchev–Trinajstić information content (AvgIpc) is 2.01. The summed E-state index contributed by atoms with van der Waals surface area (Å²) in [6, 6.07) is 4.12. The third-order valence-corrected chi connectivity index (χ3v) is 2.90. The predicted octanol–water partition coefficient (Wildman–Crippen LogP) is 0.664. The zero-order valence-electron chi connectivity index (χ0n) is 7.24. The van der Waals surface area contributed by atoms with Gasteiger partial charge in [0, 0.05) is 17.9 Å². The van der Waals surface area contributed by atoms with Crippen molar-refractivity contribution < 1.29 is 12.8 Å². The van der Waals surface area contributed by atoms with Crippen molar-refractivity contribution in [3.8, 4) is 0 Å². The van der Waals surface area contributed by atoms with Crippen LogP contribution in [0.2, 0.25) is 0 Å². The Morgan fingerprint density at radius 3 is 2.64 bits per heavy atom. The van der Waals surface area contributed by atoms with Crippen molar-refractivity contribution in [2.24, 2.45) is 5.73 Å². The quantitative estimate of drug-likeness (QED) is 0.601. The van der Waals surface area contributed by atoms with Crippen LogP contribution in [0, 0.1) is 11.9 Å². The van der Waals surface area contributed by atoms with Crippen LogP contribution >= 0.6 is 12.2 Å². The van der Waals surface area contributed by atoms with E-state index in [1.54, 1.807) is 0 Å². The highest BCUT2D eigenvalue weighted by molar-refractivity contribution is 7.91. The lowest BCUT2D eigenvalue weighted by Gasteiger charge is -2.05. The lowest BCUT2D eigenvalue weighted by atomic mass is 10.2. The SMILES string of the molecule is CS(=O)(=O)c1c[c]c(F)cc1C(N)=S. The summed E-state index contributed by atoms with van der Waals surface area (Å²) in [6.07, 6.45) is 0.996. The fourth-order valence-electron chi connectivity index (χ4n) is 0.951. The summed E-state index contributed by atoms with van der Waals surface area (Å²) in [5, 5.41) is 0. The molecule has 75 valence electrons. The van der Waals surface area contributed by atoms with Crippen LogP contribution in [0.5, 0.6) is 0 Å². The number of halogens is 1. The van der Waals surface area contributed by atoms with E-state index in [-0.39, 0.29) is 15.4 Å². The minimum atomic E-state index is -3.46. The van der Waals surface area contributed by atoms with Gasteiger partial charge in [-0.25, -0.2) is 12.8 Å². The van der Waals surface area contributed by atoms with Crippen molar-refractivity contribution in [2.75, 3.05) is 6.26 Å². The Labute approximate surface area is 86.7 Å². The minimum absolute atomic E-state index is 0.0127. The second-order valence-corrected chi connectivity index (χ2v) is 5.12. The van der Waals surface area contributed by atoms with E-state index in [1.165, 1.54) is 0 Å². The Balaban J connectivity index is 3.53. The summed E-state index contributed by atoms with van der Waals surface area (Å²) >= 11 is 4.61. The molecule has 1 aromatic rings. The van der Waals surface area contributed by atoms with E-state index >= 15 is 0 Å². The topological polar surface area (TPSA) is 60.2 Å². The largest absolute Gasteiger partial charge is 0.389 e. The van der Waals surface area contributed by atoms with Gasteiger partial charge in [0.05, 0.1) is 4.90 Å². The lowest BCUT2D eigenvalue weighted by Crippen LogP contribution is -2.15. The summed E-state index contributed by atoms with van der Waals surface area (Å²) in [6.45, 7) is 0. The van der Waals surface area contributed by atoms with Crippen molar-refractivity contribution in [1.82, 2.24) is 0 Å². The van der Waals surface area contributed by atoms with Crippen molar-refractivity contribution in [2.45, 2.75) is 4.90 Å². The normalized spacial score (nSPS) is 11.3. The van der Waals surface area contributed by atoms with Gasteiger partial charge < -0.3 is 5.73 Å². The number of hydrogen-bond acceptors (Lipinski definition) is 3. The molecule has 0 aliphatic heterocycles. The van der Waals surface area contributed by atoms with Crippen LogP contribution in [-0.2, 0) is 9.84 Å². The minimum Gasteiger partial charge on any atom is -0.389 e. The van der Waals surface area contributed by atoms with E-state index in [1.807, 2.05) is 0 Å². The molecule has 0 aliphatic carbocycles. The smallest absolute Gasteiger partial charge is 0.176 e. The third-order valence-electron chi connectivity index (χ3n) is 1.54. The van der Waals surface area contributed by atoms with Gasteiger partial charge in [-0.15, -0.1) is 0 Å². The van der Waals surface area contributed by atoms with E-state index in [2.05, 4.69) is 18.3 Å². The second-order valence-electron chi connectivity index (χ2n) is 2.70. The van der Waals surface area contributed by atoms with Crippen LogP contribution in [0.4, 0.5) is 4.39 Å². The Morgan fingerprint density at radius 2 is 2.21 bits per heavy atom.